The number of aromatic nitrogens is 1. The molecule has 8 nitrogen and oxygen atoms in total. The monoisotopic (exact) mass is 373 g/mol. The Kier molecular flexibility index (Phi) is 4.47. The topological polar surface area (TPSA) is 118 Å². The van der Waals surface area contributed by atoms with Crippen molar-refractivity contribution in [1.29, 1.82) is 0 Å². The Morgan fingerprint density at radius 3 is 2.42 bits per heavy atom. The van der Waals surface area contributed by atoms with Crippen molar-refractivity contribution in [1.82, 2.24) is 9.71 Å². The Balaban J connectivity index is 1.77. The van der Waals surface area contributed by atoms with E-state index in [0.717, 1.165) is 12.6 Å². The minimum absolute atomic E-state index is 0.0888. The van der Waals surface area contributed by atoms with Gasteiger partial charge in [0.1, 0.15) is 5.52 Å². The third-order valence-corrected chi connectivity index (χ3v) is 4.89. The van der Waals surface area contributed by atoms with Gasteiger partial charge in [-0.15, -0.1) is 0 Å². The molecule has 2 amide bonds. The minimum atomic E-state index is -3.92. The number of nitrogens with zero attached hydrogens (tertiary/aromatic N) is 1. The average Bonchev–Trinajstić information content (AvgIpc) is 2.97. The molecule has 1 aromatic carbocycles. The predicted octanol–water partition coefficient (Wildman–Crippen LogP) is 2.21. The lowest BCUT2D eigenvalue weighted by atomic mass is 10.3. The van der Waals surface area contributed by atoms with E-state index in [9.17, 15) is 18.0 Å². The lowest BCUT2D eigenvalue weighted by Crippen LogP contribution is -2.28. The third kappa shape index (κ3) is 3.72. The zero-order valence-corrected chi connectivity index (χ0v) is 14.8. The van der Waals surface area contributed by atoms with Crippen LogP contribution in [0.2, 0.25) is 0 Å². The number of carbonyl (C=O) groups is 2. The summed E-state index contributed by atoms with van der Waals surface area (Å²) in [4.78, 5) is 27.4. The number of benzene rings is 1. The molecule has 3 aromatic rings. The van der Waals surface area contributed by atoms with Gasteiger partial charge in [-0.25, -0.2) is 18.1 Å². The summed E-state index contributed by atoms with van der Waals surface area (Å²) < 4.78 is 31.1. The minimum Gasteiger partial charge on any atom is -0.449 e. The summed E-state index contributed by atoms with van der Waals surface area (Å²) in [6.07, 6.45) is 0. The quantitative estimate of drug-likeness (QED) is 0.724. The first kappa shape index (κ1) is 17.6. The molecule has 9 heteroatoms. The van der Waals surface area contributed by atoms with Gasteiger partial charge in [0.25, 0.3) is 15.9 Å². The van der Waals surface area contributed by atoms with Crippen LogP contribution in [0.5, 0.6) is 0 Å². The third-order valence-electron chi connectivity index (χ3n) is 3.44. The predicted molar refractivity (Wildman–Crippen MR) is 94.1 cm³/mol. The molecule has 0 spiro atoms. The van der Waals surface area contributed by atoms with Gasteiger partial charge >= 0.3 is 0 Å². The number of nitrogens with one attached hydrogen (secondary N) is 2. The molecule has 2 aromatic heterocycles. The Bertz CT molecular complexity index is 1100. The molecule has 2 heterocycles. The summed E-state index contributed by atoms with van der Waals surface area (Å²) in [7, 11) is -3.92. The number of furan rings is 1. The molecule has 134 valence electrons. The standard InChI is InChI=1S/C17H15N3O5S/c1-10-3-8-15-14(18-10)9-16(25-15)17(22)19-12-4-6-13(7-5-12)26(23,24)20-11(2)21/h3-9H,1-2H3,(H,19,22)(H,20,21). The number of carbonyl (C=O) groups excluding carboxylic acids is 2. The van der Waals surface area contributed by atoms with Gasteiger partial charge in [-0.1, -0.05) is 0 Å². The molecule has 0 aliphatic carbocycles. The first-order valence-corrected chi connectivity index (χ1v) is 9.05. The summed E-state index contributed by atoms with van der Waals surface area (Å²) in [6, 6.07) is 10.4. The molecule has 0 saturated heterocycles. The number of pyridine rings is 1. The first-order chi connectivity index (χ1) is 12.2. The van der Waals surface area contributed by atoms with E-state index in [-0.39, 0.29) is 10.7 Å². The molecule has 26 heavy (non-hydrogen) atoms. The molecule has 0 aliphatic heterocycles. The number of sulfonamides is 1. The van der Waals surface area contributed by atoms with E-state index in [1.165, 1.54) is 30.3 Å². The zero-order valence-electron chi connectivity index (χ0n) is 13.9. The van der Waals surface area contributed by atoms with E-state index in [1.54, 1.807) is 12.1 Å². The molecule has 0 aliphatic rings. The van der Waals surface area contributed by atoms with Crippen LogP contribution >= 0.6 is 0 Å². The lowest BCUT2D eigenvalue weighted by Gasteiger charge is -2.06. The maximum Gasteiger partial charge on any atom is 0.291 e. The van der Waals surface area contributed by atoms with Gasteiger partial charge in [0.2, 0.25) is 5.91 Å². The van der Waals surface area contributed by atoms with Crippen LogP contribution in [0.3, 0.4) is 0 Å². The van der Waals surface area contributed by atoms with Crippen molar-refractivity contribution >= 4 is 38.6 Å². The van der Waals surface area contributed by atoms with Gasteiger partial charge in [-0.05, 0) is 43.3 Å². The van der Waals surface area contributed by atoms with Crippen molar-refractivity contribution < 1.29 is 22.4 Å². The second-order valence-corrected chi connectivity index (χ2v) is 7.27. The first-order valence-electron chi connectivity index (χ1n) is 7.56. The van der Waals surface area contributed by atoms with E-state index in [1.807, 2.05) is 11.6 Å². The Labute approximate surface area is 149 Å². The van der Waals surface area contributed by atoms with Gasteiger partial charge in [0.15, 0.2) is 11.3 Å². The van der Waals surface area contributed by atoms with Crippen LogP contribution in [0.25, 0.3) is 11.1 Å². The van der Waals surface area contributed by atoms with Crippen molar-refractivity contribution in [3.63, 3.8) is 0 Å². The van der Waals surface area contributed by atoms with Crippen LogP contribution in [0.4, 0.5) is 5.69 Å². The van der Waals surface area contributed by atoms with Crippen molar-refractivity contribution in [3.05, 3.63) is 53.9 Å². The molecule has 0 bridgehead atoms. The number of hydrogen-bond acceptors (Lipinski definition) is 6. The maximum absolute atomic E-state index is 12.3. The molecular weight excluding hydrogens is 358 g/mol. The molecular formula is C17H15N3O5S. The van der Waals surface area contributed by atoms with E-state index in [2.05, 4.69) is 10.3 Å². The second kappa shape index (κ2) is 6.60. The van der Waals surface area contributed by atoms with Crippen molar-refractivity contribution in [2.24, 2.45) is 0 Å². The summed E-state index contributed by atoms with van der Waals surface area (Å²) >= 11 is 0. The number of amides is 2. The highest BCUT2D eigenvalue weighted by atomic mass is 32.2. The van der Waals surface area contributed by atoms with Crippen LogP contribution in [0, 0.1) is 6.92 Å². The largest absolute Gasteiger partial charge is 0.449 e. The van der Waals surface area contributed by atoms with E-state index >= 15 is 0 Å². The molecule has 0 saturated carbocycles. The fourth-order valence-corrected chi connectivity index (χ4v) is 3.29. The maximum atomic E-state index is 12.3. The Morgan fingerprint density at radius 2 is 1.77 bits per heavy atom. The molecule has 0 fully saturated rings. The van der Waals surface area contributed by atoms with Gasteiger partial charge in [-0.3, -0.25) is 9.59 Å². The van der Waals surface area contributed by atoms with Crippen LogP contribution < -0.4 is 10.0 Å². The molecule has 3 rings (SSSR count). The molecule has 0 atom stereocenters. The highest BCUT2D eigenvalue weighted by molar-refractivity contribution is 7.90. The number of anilines is 1. The van der Waals surface area contributed by atoms with Crippen LogP contribution in [0.1, 0.15) is 23.2 Å². The van der Waals surface area contributed by atoms with E-state index < -0.39 is 21.8 Å². The van der Waals surface area contributed by atoms with E-state index in [0.29, 0.717) is 16.8 Å². The lowest BCUT2D eigenvalue weighted by molar-refractivity contribution is -0.117. The van der Waals surface area contributed by atoms with E-state index in [4.69, 9.17) is 4.42 Å². The fraction of sp³-hybridized carbons (Fsp3) is 0.118. The Hall–Kier alpha value is -3.20. The van der Waals surface area contributed by atoms with Gasteiger partial charge in [0.05, 0.1) is 4.90 Å². The van der Waals surface area contributed by atoms with Crippen LogP contribution in [-0.2, 0) is 14.8 Å². The number of rotatable bonds is 4. The van der Waals surface area contributed by atoms with Crippen LogP contribution in [-0.4, -0.2) is 25.2 Å². The van der Waals surface area contributed by atoms with Gasteiger partial charge < -0.3 is 9.73 Å². The van der Waals surface area contributed by atoms with Crippen LogP contribution in [0.15, 0.2) is 51.8 Å². The zero-order chi connectivity index (χ0) is 18.9. The summed E-state index contributed by atoms with van der Waals surface area (Å²) in [6.45, 7) is 2.94. The van der Waals surface area contributed by atoms with Crippen molar-refractivity contribution in [2.75, 3.05) is 5.32 Å². The van der Waals surface area contributed by atoms with Gasteiger partial charge in [-0.2, -0.15) is 0 Å². The normalized spacial score (nSPS) is 11.3. The average molecular weight is 373 g/mol. The molecule has 0 radical (unpaired) electrons. The smallest absolute Gasteiger partial charge is 0.291 e. The number of aryl methyl sites for hydroxylation is 1. The number of fused-ring (bicyclic) bond motifs is 1. The summed E-state index contributed by atoms with van der Waals surface area (Å²) in [5, 5.41) is 2.61. The Morgan fingerprint density at radius 1 is 1.08 bits per heavy atom. The number of hydrogen-bond donors (Lipinski definition) is 2. The molecule has 0 unspecified atom stereocenters. The SMILES string of the molecule is CC(=O)NS(=O)(=O)c1ccc(NC(=O)c2cc3nc(C)ccc3o2)cc1. The highest BCUT2D eigenvalue weighted by Crippen LogP contribution is 2.20. The molecule has 2 N–H and O–H groups in total. The summed E-state index contributed by atoms with van der Waals surface area (Å²) in [5.74, 6) is -1.08. The second-order valence-electron chi connectivity index (χ2n) is 5.59. The fourth-order valence-electron chi connectivity index (χ4n) is 2.30. The van der Waals surface area contributed by atoms with Crippen molar-refractivity contribution in [2.45, 2.75) is 18.7 Å². The van der Waals surface area contributed by atoms with Crippen molar-refractivity contribution in [3.8, 4) is 0 Å². The van der Waals surface area contributed by atoms with Gasteiger partial charge in [0, 0.05) is 24.4 Å². The highest BCUT2D eigenvalue weighted by Gasteiger charge is 2.16. The summed E-state index contributed by atoms with van der Waals surface area (Å²) in [5.41, 5.74) is 2.26.